The summed E-state index contributed by atoms with van der Waals surface area (Å²) < 4.78 is 6.04. The maximum atomic E-state index is 13.7. The van der Waals surface area contributed by atoms with Crippen molar-refractivity contribution < 1.29 is 18.9 Å². The third-order valence-corrected chi connectivity index (χ3v) is 7.42. The molecule has 4 heterocycles. The number of oxazole rings is 1. The Morgan fingerprint density at radius 2 is 2.00 bits per heavy atom. The molecular weight excluding hydrogens is 570 g/mol. The molecule has 0 saturated carbocycles. The van der Waals surface area contributed by atoms with Crippen LogP contribution in [0, 0.1) is 17.0 Å². The van der Waals surface area contributed by atoms with Crippen LogP contribution in [0.1, 0.15) is 50.9 Å². The van der Waals surface area contributed by atoms with Crippen molar-refractivity contribution in [2.45, 2.75) is 38.8 Å². The number of fused-ring (bicyclic) bond motifs is 1. The van der Waals surface area contributed by atoms with Gasteiger partial charge < -0.3 is 24.9 Å². The van der Waals surface area contributed by atoms with Crippen molar-refractivity contribution in [1.29, 1.82) is 0 Å². The van der Waals surface area contributed by atoms with Crippen LogP contribution in [0.2, 0.25) is 0 Å². The lowest BCUT2D eigenvalue weighted by Crippen LogP contribution is -2.45. The Morgan fingerprint density at radius 3 is 2.77 bits per heavy atom. The number of carbonyl (C=O) groups is 2. The highest BCUT2D eigenvalue weighted by atomic mass is 79.9. The van der Waals surface area contributed by atoms with Crippen molar-refractivity contribution in [3.05, 3.63) is 73.7 Å². The number of pyridine rings is 1. The number of hydrogen-bond acceptors (Lipinski definition) is 9. The number of nitrogens with one attached hydrogen (secondary N) is 2. The molecule has 12 nitrogen and oxygen atoms in total. The largest absolute Gasteiger partial charge is 0.446 e. The molecule has 0 bridgehead atoms. The second-order valence-electron chi connectivity index (χ2n) is 9.63. The van der Waals surface area contributed by atoms with Crippen LogP contribution in [0.25, 0.3) is 0 Å². The molecule has 3 aromatic rings. The summed E-state index contributed by atoms with van der Waals surface area (Å²) in [5.74, 6) is 0.795. The molecule has 39 heavy (non-hydrogen) atoms. The van der Waals surface area contributed by atoms with Crippen LogP contribution in [-0.4, -0.2) is 69.2 Å². The molecule has 13 heteroatoms. The van der Waals surface area contributed by atoms with Crippen molar-refractivity contribution in [1.82, 2.24) is 19.8 Å². The van der Waals surface area contributed by atoms with E-state index in [9.17, 15) is 19.7 Å². The molecule has 2 aromatic heterocycles. The summed E-state index contributed by atoms with van der Waals surface area (Å²) in [6.45, 7) is 3.32. The van der Waals surface area contributed by atoms with Gasteiger partial charge in [-0.25, -0.2) is 4.98 Å². The summed E-state index contributed by atoms with van der Waals surface area (Å²) in [5, 5.41) is 18.3. The lowest BCUT2D eigenvalue weighted by Gasteiger charge is -2.34. The number of carbonyl (C=O) groups excluding carboxylic acids is 2. The van der Waals surface area contributed by atoms with Gasteiger partial charge in [-0.15, -0.1) is 0 Å². The molecule has 1 saturated heterocycles. The van der Waals surface area contributed by atoms with E-state index in [4.69, 9.17) is 4.42 Å². The van der Waals surface area contributed by atoms with Gasteiger partial charge in [-0.3, -0.25) is 24.7 Å². The minimum absolute atomic E-state index is 0.147. The lowest BCUT2D eigenvalue weighted by molar-refractivity contribution is -0.384. The Morgan fingerprint density at radius 1 is 1.18 bits per heavy atom. The number of hydrogen-bond donors (Lipinski definition) is 2. The van der Waals surface area contributed by atoms with E-state index in [0.717, 1.165) is 11.4 Å². The molecular formula is C26H28BrN7O5. The first-order valence-electron chi connectivity index (χ1n) is 12.6. The van der Waals surface area contributed by atoms with E-state index in [1.165, 1.54) is 12.3 Å². The normalized spacial score (nSPS) is 16.9. The van der Waals surface area contributed by atoms with Crippen LogP contribution in [0.4, 0.5) is 17.1 Å². The van der Waals surface area contributed by atoms with Gasteiger partial charge in [0.25, 0.3) is 17.5 Å². The third kappa shape index (κ3) is 5.58. The monoisotopic (exact) mass is 597 g/mol. The van der Waals surface area contributed by atoms with E-state index in [-0.39, 0.29) is 41.3 Å². The standard InChI is InChI=1S/C26H28BrN7O5/c1-15-30-21-14-33(7-5-23(21)39-15)26(36)20-9-17(27)10-22(34(37)38)24(20)31-18-4-3-6-32(13-18)25(35)16-8-19(28-2)12-29-11-16/h8-12,18,28,31H,3-7,13-14H2,1-2H3/t18-/m1/s1. The number of nitro groups is 1. The van der Waals surface area contributed by atoms with Crippen molar-refractivity contribution in [2.24, 2.45) is 0 Å². The summed E-state index contributed by atoms with van der Waals surface area (Å²) >= 11 is 3.33. The number of aryl methyl sites for hydroxylation is 1. The van der Waals surface area contributed by atoms with Gasteiger partial charge in [-0.1, -0.05) is 15.9 Å². The highest BCUT2D eigenvalue weighted by Gasteiger charge is 2.33. The minimum Gasteiger partial charge on any atom is -0.446 e. The first kappa shape index (κ1) is 26.6. The van der Waals surface area contributed by atoms with Crippen molar-refractivity contribution in [3.63, 3.8) is 0 Å². The molecule has 0 radical (unpaired) electrons. The van der Waals surface area contributed by atoms with Crippen molar-refractivity contribution in [2.75, 3.05) is 37.3 Å². The Bertz CT molecular complexity index is 1440. The zero-order valence-electron chi connectivity index (χ0n) is 21.6. The lowest BCUT2D eigenvalue weighted by atomic mass is 10.0. The summed E-state index contributed by atoms with van der Waals surface area (Å²) in [6.07, 6.45) is 5.07. The molecule has 0 aliphatic carbocycles. The molecule has 1 fully saturated rings. The maximum absolute atomic E-state index is 13.7. The van der Waals surface area contributed by atoms with Gasteiger partial charge in [0.05, 0.1) is 28.3 Å². The van der Waals surface area contributed by atoms with Crippen molar-refractivity contribution in [3.8, 4) is 0 Å². The van der Waals surface area contributed by atoms with Gasteiger partial charge in [-0.05, 0) is 25.0 Å². The van der Waals surface area contributed by atoms with Crippen LogP contribution < -0.4 is 10.6 Å². The molecule has 5 rings (SSSR count). The Balaban J connectivity index is 1.40. The van der Waals surface area contributed by atoms with Gasteiger partial charge in [0.2, 0.25) is 0 Å². The predicted molar refractivity (Wildman–Crippen MR) is 147 cm³/mol. The molecule has 204 valence electrons. The number of halogens is 1. The highest BCUT2D eigenvalue weighted by Crippen LogP contribution is 2.35. The van der Waals surface area contributed by atoms with Gasteiger partial charge in [-0.2, -0.15) is 0 Å². The molecule has 0 spiro atoms. The van der Waals surface area contributed by atoms with E-state index in [1.807, 2.05) is 0 Å². The van der Waals surface area contributed by atoms with Gasteiger partial charge in [0.15, 0.2) is 5.89 Å². The smallest absolute Gasteiger partial charge is 0.294 e. The summed E-state index contributed by atoms with van der Waals surface area (Å²) in [4.78, 5) is 50.4. The number of aromatic nitrogens is 2. The van der Waals surface area contributed by atoms with Crippen LogP contribution in [-0.2, 0) is 13.0 Å². The molecule has 1 atom stereocenters. The van der Waals surface area contributed by atoms with Crippen LogP contribution in [0.5, 0.6) is 0 Å². The van der Waals surface area contributed by atoms with E-state index in [2.05, 4.69) is 36.5 Å². The SMILES string of the molecule is CNc1cncc(C(=O)N2CCC[C@@H](Nc3c(C(=O)N4CCc5oc(C)nc5C4)cc(Br)cc3[N+](=O)[O-])C2)c1. The zero-order chi connectivity index (χ0) is 27.7. The fourth-order valence-corrected chi connectivity index (χ4v) is 5.53. The Labute approximate surface area is 233 Å². The number of amides is 2. The minimum atomic E-state index is -0.500. The van der Waals surface area contributed by atoms with E-state index in [0.29, 0.717) is 60.5 Å². The number of anilines is 2. The Hall–Kier alpha value is -4.00. The number of nitro benzene ring substituents is 1. The van der Waals surface area contributed by atoms with E-state index >= 15 is 0 Å². The summed E-state index contributed by atoms with van der Waals surface area (Å²) in [5.41, 5.74) is 2.01. The third-order valence-electron chi connectivity index (χ3n) is 6.96. The molecule has 2 aliphatic rings. The van der Waals surface area contributed by atoms with Gasteiger partial charge >= 0.3 is 0 Å². The average Bonchev–Trinajstić information content (AvgIpc) is 3.32. The molecule has 2 aliphatic heterocycles. The topological polar surface area (TPSA) is 147 Å². The summed E-state index contributed by atoms with van der Waals surface area (Å²) in [6, 6.07) is 4.43. The van der Waals surface area contributed by atoms with Crippen LogP contribution >= 0.6 is 15.9 Å². The molecule has 2 N–H and O–H groups in total. The van der Waals surface area contributed by atoms with E-state index in [1.54, 1.807) is 42.1 Å². The van der Waals surface area contributed by atoms with Crippen LogP contribution in [0.15, 0.2) is 39.5 Å². The average molecular weight is 598 g/mol. The van der Waals surface area contributed by atoms with Gasteiger partial charge in [0, 0.05) is 69.0 Å². The second-order valence-corrected chi connectivity index (χ2v) is 10.5. The fraction of sp³-hybridized carbons (Fsp3) is 0.385. The fourth-order valence-electron chi connectivity index (χ4n) is 5.09. The first-order valence-corrected chi connectivity index (χ1v) is 13.4. The van der Waals surface area contributed by atoms with Gasteiger partial charge in [0.1, 0.15) is 17.1 Å². The molecule has 2 amide bonds. The zero-order valence-corrected chi connectivity index (χ0v) is 23.2. The quantitative estimate of drug-likeness (QED) is 0.317. The molecule has 0 unspecified atom stereocenters. The predicted octanol–water partition coefficient (Wildman–Crippen LogP) is 4.01. The number of benzene rings is 1. The number of rotatable bonds is 6. The summed E-state index contributed by atoms with van der Waals surface area (Å²) in [7, 11) is 1.76. The molecule has 1 aromatic carbocycles. The number of nitrogens with zero attached hydrogens (tertiary/aromatic N) is 5. The number of likely N-dealkylation sites (tertiary alicyclic amines) is 1. The number of piperidine rings is 1. The first-order chi connectivity index (χ1) is 18.7. The maximum Gasteiger partial charge on any atom is 0.294 e. The second kappa shape index (κ2) is 11.0. The van der Waals surface area contributed by atoms with Crippen LogP contribution in [0.3, 0.4) is 0 Å². The van der Waals surface area contributed by atoms with Crippen molar-refractivity contribution >= 4 is 44.8 Å². The Kier molecular flexibility index (Phi) is 7.51. The highest BCUT2D eigenvalue weighted by molar-refractivity contribution is 9.10. The van der Waals surface area contributed by atoms with E-state index < -0.39 is 4.92 Å².